The highest BCUT2D eigenvalue weighted by atomic mass is 35.5. The van der Waals surface area contributed by atoms with E-state index in [-0.39, 0.29) is 10.6 Å². The summed E-state index contributed by atoms with van der Waals surface area (Å²) in [4.78, 5) is 11.5. The van der Waals surface area contributed by atoms with Gasteiger partial charge < -0.3 is 5.32 Å². The fourth-order valence-electron chi connectivity index (χ4n) is 1.39. The van der Waals surface area contributed by atoms with Crippen molar-refractivity contribution in [2.45, 2.75) is 13.5 Å². The maximum atomic E-state index is 11.5. The first-order chi connectivity index (χ1) is 8.09. The predicted molar refractivity (Wildman–Crippen MR) is 70.9 cm³/mol. The Morgan fingerprint density at radius 3 is 2.94 bits per heavy atom. The third-order valence-corrected chi connectivity index (χ3v) is 3.78. The molecule has 1 N–H and O–H groups in total. The summed E-state index contributed by atoms with van der Waals surface area (Å²) in [6.07, 6.45) is 1.56. The number of nitrogens with one attached hydrogen (secondary N) is 1. The van der Waals surface area contributed by atoms with Crippen molar-refractivity contribution >= 4 is 28.6 Å². The van der Waals surface area contributed by atoms with Crippen molar-refractivity contribution in [3.05, 3.63) is 43.5 Å². The predicted octanol–water partition coefficient (Wildman–Crippen LogP) is 2.42. The maximum absolute atomic E-state index is 11.5. The molecule has 0 bridgehead atoms. The van der Waals surface area contributed by atoms with E-state index in [1.165, 1.54) is 15.8 Å². The molecule has 0 saturated carbocycles. The molecule has 0 atom stereocenters. The van der Waals surface area contributed by atoms with Gasteiger partial charge in [-0.05, 0) is 28.8 Å². The first-order valence-corrected chi connectivity index (χ1v) is 6.39. The molecule has 0 aliphatic carbocycles. The van der Waals surface area contributed by atoms with Crippen molar-refractivity contribution < 1.29 is 0 Å². The van der Waals surface area contributed by atoms with Crippen LogP contribution in [0, 0.1) is 6.92 Å². The zero-order valence-corrected chi connectivity index (χ0v) is 11.1. The standard InChI is InChI=1S/C11H12ClN3OS/c1-7-5-17-6-8(7)3-13-9-4-14-15(2)11(16)10(9)12/h4-6,13H,3H2,1-2H3. The van der Waals surface area contributed by atoms with Gasteiger partial charge in [-0.3, -0.25) is 4.79 Å². The van der Waals surface area contributed by atoms with Gasteiger partial charge in [0.15, 0.2) is 0 Å². The lowest BCUT2D eigenvalue weighted by Crippen LogP contribution is -2.21. The minimum absolute atomic E-state index is 0.176. The molecule has 2 aromatic heterocycles. The van der Waals surface area contributed by atoms with Crippen LogP contribution in [0.15, 0.2) is 21.8 Å². The minimum Gasteiger partial charge on any atom is -0.378 e. The Labute approximate surface area is 108 Å². The van der Waals surface area contributed by atoms with Gasteiger partial charge >= 0.3 is 0 Å². The number of hydrogen-bond acceptors (Lipinski definition) is 4. The Kier molecular flexibility index (Phi) is 3.49. The van der Waals surface area contributed by atoms with Crippen LogP contribution in [-0.2, 0) is 13.6 Å². The van der Waals surface area contributed by atoms with Gasteiger partial charge in [-0.2, -0.15) is 16.4 Å². The molecule has 0 aliphatic heterocycles. The van der Waals surface area contributed by atoms with E-state index in [0.717, 1.165) is 0 Å². The molecule has 0 saturated heterocycles. The second kappa shape index (κ2) is 4.89. The summed E-state index contributed by atoms with van der Waals surface area (Å²) in [6.45, 7) is 2.70. The van der Waals surface area contributed by atoms with E-state index in [1.54, 1.807) is 24.6 Å². The molecular weight excluding hydrogens is 258 g/mol. The Morgan fingerprint density at radius 1 is 1.53 bits per heavy atom. The van der Waals surface area contributed by atoms with Gasteiger partial charge in [0.1, 0.15) is 5.02 Å². The highest BCUT2D eigenvalue weighted by Crippen LogP contribution is 2.19. The molecule has 2 aromatic rings. The maximum Gasteiger partial charge on any atom is 0.287 e. The molecule has 0 aliphatic rings. The Morgan fingerprint density at radius 2 is 2.29 bits per heavy atom. The summed E-state index contributed by atoms with van der Waals surface area (Å²) in [7, 11) is 1.57. The fourth-order valence-corrected chi connectivity index (χ4v) is 2.49. The highest BCUT2D eigenvalue weighted by Gasteiger charge is 2.07. The van der Waals surface area contributed by atoms with E-state index in [9.17, 15) is 4.79 Å². The normalized spacial score (nSPS) is 10.5. The summed E-state index contributed by atoms with van der Waals surface area (Å²) in [6, 6.07) is 0. The lowest BCUT2D eigenvalue weighted by Gasteiger charge is -2.08. The Bertz CT molecular complexity index is 591. The van der Waals surface area contributed by atoms with Crippen LogP contribution in [-0.4, -0.2) is 9.78 Å². The quantitative estimate of drug-likeness (QED) is 0.931. The van der Waals surface area contributed by atoms with Crippen LogP contribution in [0.3, 0.4) is 0 Å². The van der Waals surface area contributed by atoms with Crippen LogP contribution in [0.25, 0.3) is 0 Å². The van der Waals surface area contributed by atoms with Gasteiger partial charge in [0.05, 0.1) is 11.9 Å². The van der Waals surface area contributed by atoms with Gasteiger partial charge in [0, 0.05) is 13.6 Å². The molecule has 0 amide bonds. The van der Waals surface area contributed by atoms with E-state index >= 15 is 0 Å². The third-order valence-electron chi connectivity index (χ3n) is 2.51. The van der Waals surface area contributed by atoms with Gasteiger partial charge in [-0.25, -0.2) is 4.68 Å². The van der Waals surface area contributed by atoms with Crippen molar-refractivity contribution in [2.75, 3.05) is 5.32 Å². The van der Waals surface area contributed by atoms with Crippen molar-refractivity contribution in [3.8, 4) is 0 Å². The second-order valence-electron chi connectivity index (χ2n) is 3.73. The molecule has 0 unspecified atom stereocenters. The summed E-state index contributed by atoms with van der Waals surface area (Å²) < 4.78 is 1.21. The molecule has 2 heterocycles. The Balaban J connectivity index is 2.18. The Hall–Kier alpha value is -1.33. The number of anilines is 1. The molecule has 2 rings (SSSR count). The fraction of sp³-hybridized carbons (Fsp3) is 0.273. The van der Waals surface area contributed by atoms with Crippen LogP contribution >= 0.6 is 22.9 Å². The van der Waals surface area contributed by atoms with E-state index in [4.69, 9.17) is 11.6 Å². The first-order valence-electron chi connectivity index (χ1n) is 5.07. The molecule has 0 aromatic carbocycles. The molecule has 90 valence electrons. The van der Waals surface area contributed by atoms with Crippen LogP contribution in [0.5, 0.6) is 0 Å². The van der Waals surface area contributed by atoms with Gasteiger partial charge in [0.2, 0.25) is 0 Å². The average molecular weight is 270 g/mol. The smallest absolute Gasteiger partial charge is 0.287 e. The largest absolute Gasteiger partial charge is 0.378 e. The monoisotopic (exact) mass is 269 g/mol. The minimum atomic E-state index is -0.293. The lowest BCUT2D eigenvalue weighted by molar-refractivity contribution is 0.708. The van der Waals surface area contributed by atoms with E-state index in [2.05, 4.69) is 28.1 Å². The number of rotatable bonds is 3. The van der Waals surface area contributed by atoms with Crippen LogP contribution in [0.1, 0.15) is 11.1 Å². The molecule has 4 nitrogen and oxygen atoms in total. The zero-order chi connectivity index (χ0) is 12.4. The SMILES string of the molecule is Cc1cscc1CNc1cnn(C)c(=O)c1Cl. The summed E-state index contributed by atoms with van der Waals surface area (Å²) >= 11 is 7.60. The number of aromatic nitrogens is 2. The van der Waals surface area contributed by atoms with Crippen LogP contribution < -0.4 is 10.9 Å². The molecular formula is C11H12ClN3OS. The van der Waals surface area contributed by atoms with E-state index in [1.807, 2.05) is 0 Å². The molecule has 6 heteroatoms. The zero-order valence-electron chi connectivity index (χ0n) is 9.53. The van der Waals surface area contributed by atoms with Crippen LogP contribution in [0.2, 0.25) is 5.02 Å². The third kappa shape index (κ3) is 2.50. The molecule has 0 radical (unpaired) electrons. The van der Waals surface area contributed by atoms with Crippen molar-refractivity contribution in [3.63, 3.8) is 0 Å². The van der Waals surface area contributed by atoms with Gasteiger partial charge in [0.25, 0.3) is 5.56 Å². The first kappa shape index (κ1) is 12.1. The average Bonchev–Trinajstić information content (AvgIpc) is 2.71. The van der Waals surface area contributed by atoms with Crippen LogP contribution in [0.4, 0.5) is 5.69 Å². The summed E-state index contributed by atoms with van der Waals surface area (Å²) in [5.41, 5.74) is 2.71. The summed E-state index contributed by atoms with van der Waals surface area (Å²) in [5.74, 6) is 0. The van der Waals surface area contributed by atoms with E-state index < -0.39 is 0 Å². The van der Waals surface area contributed by atoms with Gasteiger partial charge in [-0.1, -0.05) is 11.6 Å². The number of thiophene rings is 1. The van der Waals surface area contributed by atoms with Crippen molar-refractivity contribution in [1.29, 1.82) is 0 Å². The van der Waals surface area contributed by atoms with Crippen molar-refractivity contribution in [1.82, 2.24) is 9.78 Å². The summed E-state index contributed by atoms with van der Waals surface area (Å²) in [5, 5.41) is 11.4. The molecule has 0 fully saturated rings. The lowest BCUT2D eigenvalue weighted by atomic mass is 10.2. The second-order valence-corrected chi connectivity index (χ2v) is 4.86. The molecule has 17 heavy (non-hydrogen) atoms. The molecule has 0 spiro atoms. The van der Waals surface area contributed by atoms with Crippen molar-refractivity contribution in [2.24, 2.45) is 7.05 Å². The topological polar surface area (TPSA) is 46.9 Å². The number of nitrogens with zero attached hydrogens (tertiary/aromatic N) is 2. The number of hydrogen-bond donors (Lipinski definition) is 1. The number of halogens is 1. The highest BCUT2D eigenvalue weighted by molar-refractivity contribution is 7.08. The van der Waals surface area contributed by atoms with Gasteiger partial charge in [-0.15, -0.1) is 0 Å². The van der Waals surface area contributed by atoms with E-state index in [0.29, 0.717) is 12.2 Å². The number of aryl methyl sites for hydroxylation is 2.